The minimum atomic E-state index is -0.268. The van der Waals surface area contributed by atoms with Crippen molar-refractivity contribution in [1.82, 2.24) is 10.3 Å². The zero-order valence-electron chi connectivity index (χ0n) is 17.0. The first-order valence-corrected chi connectivity index (χ1v) is 9.84. The first kappa shape index (κ1) is 19.5. The van der Waals surface area contributed by atoms with Crippen LogP contribution in [0.15, 0.2) is 72.8 Å². The number of aromatic amines is 1. The van der Waals surface area contributed by atoms with Crippen LogP contribution in [0.1, 0.15) is 37.5 Å². The minimum absolute atomic E-state index is 0.258. The zero-order valence-corrected chi connectivity index (χ0v) is 17.0. The highest BCUT2D eigenvalue weighted by Gasteiger charge is 2.20. The largest absolute Gasteiger partial charge is 0.349 e. The number of hydrogen-bond donors (Lipinski definition) is 3. The molecule has 0 aliphatic heterocycles. The van der Waals surface area contributed by atoms with Gasteiger partial charge in [-0.1, -0.05) is 54.1 Å². The Hall–Kier alpha value is -3.86. The molecule has 0 aliphatic rings. The maximum atomic E-state index is 13.0. The van der Waals surface area contributed by atoms with Gasteiger partial charge in [0.1, 0.15) is 5.69 Å². The molecule has 0 fully saturated rings. The predicted molar refractivity (Wildman–Crippen MR) is 120 cm³/mol. The molecule has 0 aliphatic carbocycles. The molecule has 0 radical (unpaired) electrons. The van der Waals surface area contributed by atoms with E-state index in [4.69, 9.17) is 0 Å². The van der Waals surface area contributed by atoms with Gasteiger partial charge in [-0.05, 0) is 49.2 Å². The number of aromatic nitrogens is 1. The number of nitrogens with one attached hydrogen (secondary N) is 3. The average Bonchev–Trinajstić information content (AvgIpc) is 3.11. The van der Waals surface area contributed by atoms with E-state index in [0.717, 1.165) is 27.6 Å². The lowest BCUT2D eigenvalue weighted by Crippen LogP contribution is -2.25. The number of amides is 2. The van der Waals surface area contributed by atoms with Crippen LogP contribution in [0.25, 0.3) is 10.9 Å². The third kappa shape index (κ3) is 3.96. The summed E-state index contributed by atoms with van der Waals surface area (Å²) in [6, 6.07) is 22.7. The molecule has 0 unspecified atom stereocenters. The van der Waals surface area contributed by atoms with Crippen molar-refractivity contribution in [3.63, 3.8) is 0 Å². The fraction of sp³-hybridized carbons (Fsp3) is 0.120. The zero-order chi connectivity index (χ0) is 21.1. The second kappa shape index (κ2) is 8.25. The molecule has 1 aromatic heterocycles. The number of rotatable bonds is 5. The van der Waals surface area contributed by atoms with Crippen LogP contribution in [0, 0.1) is 13.8 Å². The van der Waals surface area contributed by atoms with Gasteiger partial charge in [-0.2, -0.15) is 0 Å². The van der Waals surface area contributed by atoms with Crippen molar-refractivity contribution in [2.24, 2.45) is 0 Å². The Morgan fingerprint density at radius 2 is 1.60 bits per heavy atom. The van der Waals surface area contributed by atoms with Crippen LogP contribution in [0.5, 0.6) is 0 Å². The smallest absolute Gasteiger partial charge is 0.270 e. The summed E-state index contributed by atoms with van der Waals surface area (Å²) in [6.45, 7) is 4.40. The molecule has 2 amide bonds. The standard InChI is InChI=1S/C25H23N3O2/c1-16-12-13-21-20(14-16)22(28-24(29)18-9-4-3-5-10-18)23(27-21)25(30)26-15-19-11-7-6-8-17(19)2/h3-14,27H,15H2,1-2H3,(H,26,30)(H,28,29). The molecule has 4 rings (SSSR count). The van der Waals surface area contributed by atoms with Gasteiger partial charge >= 0.3 is 0 Å². The SMILES string of the molecule is Cc1ccc2[nH]c(C(=O)NCc3ccccc3C)c(NC(=O)c3ccccc3)c2c1. The summed E-state index contributed by atoms with van der Waals surface area (Å²) in [5.41, 5.74) is 5.37. The van der Waals surface area contributed by atoms with E-state index in [1.807, 2.05) is 74.5 Å². The van der Waals surface area contributed by atoms with Crippen molar-refractivity contribution >= 4 is 28.4 Å². The Bertz CT molecular complexity index is 1230. The number of aryl methyl sites for hydroxylation is 2. The number of anilines is 1. The molecule has 0 saturated carbocycles. The predicted octanol–water partition coefficient (Wildman–Crippen LogP) is 4.97. The second-order valence-electron chi connectivity index (χ2n) is 7.35. The summed E-state index contributed by atoms with van der Waals surface area (Å²) in [6.07, 6.45) is 0. The van der Waals surface area contributed by atoms with Crippen molar-refractivity contribution in [1.29, 1.82) is 0 Å². The van der Waals surface area contributed by atoms with E-state index in [2.05, 4.69) is 15.6 Å². The quantitative estimate of drug-likeness (QED) is 0.445. The van der Waals surface area contributed by atoms with Crippen LogP contribution in [-0.4, -0.2) is 16.8 Å². The lowest BCUT2D eigenvalue weighted by atomic mass is 10.1. The molecular weight excluding hydrogens is 374 g/mol. The van der Waals surface area contributed by atoms with Gasteiger partial charge in [-0.3, -0.25) is 9.59 Å². The molecular formula is C25H23N3O2. The van der Waals surface area contributed by atoms with Crippen LogP contribution in [0.2, 0.25) is 0 Å². The Kier molecular flexibility index (Phi) is 5.35. The van der Waals surface area contributed by atoms with Gasteiger partial charge in [-0.15, -0.1) is 0 Å². The fourth-order valence-corrected chi connectivity index (χ4v) is 3.45. The highest BCUT2D eigenvalue weighted by molar-refractivity contribution is 6.15. The van der Waals surface area contributed by atoms with Gasteiger partial charge in [0, 0.05) is 23.0 Å². The first-order chi connectivity index (χ1) is 14.5. The summed E-state index contributed by atoms with van der Waals surface area (Å²) < 4.78 is 0. The van der Waals surface area contributed by atoms with Crippen LogP contribution >= 0.6 is 0 Å². The monoisotopic (exact) mass is 397 g/mol. The van der Waals surface area contributed by atoms with E-state index in [1.54, 1.807) is 12.1 Å². The number of hydrogen-bond acceptors (Lipinski definition) is 2. The number of benzene rings is 3. The molecule has 30 heavy (non-hydrogen) atoms. The Morgan fingerprint density at radius 3 is 2.37 bits per heavy atom. The molecule has 150 valence electrons. The highest BCUT2D eigenvalue weighted by Crippen LogP contribution is 2.29. The maximum Gasteiger partial charge on any atom is 0.270 e. The first-order valence-electron chi connectivity index (χ1n) is 9.84. The lowest BCUT2D eigenvalue weighted by molar-refractivity contribution is 0.0947. The molecule has 4 aromatic rings. The summed E-state index contributed by atoms with van der Waals surface area (Å²) >= 11 is 0. The van der Waals surface area contributed by atoms with Crippen molar-refractivity contribution in [2.75, 3.05) is 5.32 Å². The van der Waals surface area contributed by atoms with Gasteiger partial charge in [-0.25, -0.2) is 0 Å². The molecule has 3 N–H and O–H groups in total. The van der Waals surface area contributed by atoms with E-state index >= 15 is 0 Å². The normalized spacial score (nSPS) is 10.7. The Balaban J connectivity index is 1.66. The summed E-state index contributed by atoms with van der Waals surface area (Å²) in [7, 11) is 0. The van der Waals surface area contributed by atoms with E-state index in [9.17, 15) is 9.59 Å². The van der Waals surface area contributed by atoms with E-state index in [0.29, 0.717) is 23.5 Å². The van der Waals surface area contributed by atoms with Crippen LogP contribution in [0.4, 0.5) is 5.69 Å². The minimum Gasteiger partial charge on any atom is -0.349 e. The van der Waals surface area contributed by atoms with Crippen LogP contribution in [0.3, 0.4) is 0 Å². The summed E-state index contributed by atoms with van der Waals surface area (Å²) in [5, 5.41) is 6.71. The number of H-pyrrole nitrogens is 1. The van der Waals surface area contributed by atoms with E-state index in [-0.39, 0.29) is 11.8 Å². The number of carbonyl (C=O) groups excluding carboxylic acids is 2. The average molecular weight is 397 g/mol. The third-order valence-electron chi connectivity index (χ3n) is 5.16. The van der Waals surface area contributed by atoms with E-state index in [1.165, 1.54) is 0 Å². The molecule has 5 nitrogen and oxygen atoms in total. The fourth-order valence-electron chi connectivity index (χ4n) is 3.45. The second-order valence-corrected chi connectivity index (χ2v) is 7.35. The third-order valence-corrected chi connectivity index (χ3v) is 5.16. The maximum absolute atomic E-state index is 13.0. The van der Waals surface area contributed by atoms with Gasteiger partial charge in [0.25, 0.3) is 11.8 Å². The van der Waals surface area contributed by atoms with Crippen molar-refractivity contribution in [2.45, 2.75) is 20.4 Å². The molecule has 0 saturated heterocycles. The molecule has 0 atom stereocenters. The highest BCUT2D eigenvalue weighted by atomic mass is 16.2. The summed E-state index contributed by atoms with van der Waals surface area (Å²) in [4.78, 5) is 29.0. The topological polar surface area (TPSA) is 74.0 Å². The summed E-state index contributed by atoms with van der Waals surface area (Å²) in [5.74, 6) is -0.526. The van der Waals surface area contributed by atoms with Crippen molar-refractivity contribution in [3.8, 4) is 0 Å². The van der Waals surface area contributed by atoms with Gasteiger partial charge in [0.2, 0.25) is 0 Å². The van der Waals surface area contributed by atoms with Gasteiger partial charge in [0.05, 0.1) is 5.69 Å². The molecule has 1 heterocycles. The molecule has 0 bridgehead atoms. The van der Waals surface area contributed by atoms with Crippen LogP contribution in [-0.2, 0) is 6.54 Å². The molecule has 3 aromatic carbocycles. The van der Waals surface area contributed by atoms with Crippen LogP contribution < -0.4 is 10.6 Å². The Morgan fingerprint density at radius 1 is 0.867 bits per heavy atom. The van der Waals surface area contributed by atoms with Crippen molar-refractivity contribution < 1.29 is 9.59 Å². The number of carbonyl (C=O) groups is 2. The Labute approximate surface area is 175 Å². The number of fused-ring (bicyclic) bond motifs is 1. The molecule has 5 heteroatoms. The van der Waals surface area contributed by atoms with Gasteiger partial charge in [0.15, 0.2) is 0 Å². The van der Waals surface area contributed by atoms with Gasteiger partial charge < -0.3 is 15.6 Å². The lowest BCUT2D eigenvalue weighted by Gasteiger charge is -2.10. The van der Waals surface area contributed by atoms with E-state index < -0.39 is 0 Å². The molecule has 0 spiro atoms. The van der Waals surface area contributed by atoms with Crippen molar-refractivity contribution in [3.05, 3.63) is 101 Å².